The number of halogens is 3. The Kier molecular flexibility index (Phi) is 11.2. The number of rotatable bonds is 9. The third-order valence-corrected chi connectivity index (χ3v) is 13.5. The Hall–Kier alpha value is -4.68. The molecule has 1 saturated heterocycles. The summed E-state index contributed by atoms with van der Waals surface area (Å²) >= 11 is 0. The summed E-state index contributed by atoms with van der Waals surface area (Å²) in [4.78, 5) is 63.7. The van der Waals surface area contributed by atoms with Gasteiger partial charge >= 0.3 is 12.3 Å². The number of ether oxygens (including phenoxy) is 2. The molecule has 0 radical (unpaired) electrons. The number of amides is 4. The second-order valence-electron chi connectivity index (χ2n) is 15.5. The van der Waals surface area contributed by atoms with Crippen molar-refractivity contribution in [2.24, 2.45) is 17.8 Å². The smallest absolute Gasteiger partial charge is 0.438 e. The van der Waals surface area contributed by atoms with Crippen LogP contribution < -0.4 is 24.8 Å². The number of aromatic nitrogens is 2. The molecule has 306 valence electrons. The highest BCUT2D eigenvalue weighted by Crippen LogP contribution is 2.48. The van der Waals surface area contributed by atoms with Crippen molar-refractivity contribution < 1.29 is 55.3 Å². The molecule has 1 aromatic heterocycles. The lowest BCUT2D eigenvalue weighted by atomic mass is 9.85. The van der Waals surface area contributed by atoms with Crippen molar-refractivity contribution in [3.05, 3.63) is 36.0 Å². The highest BCUT2D eigenvalue weighted by Gasteiger charge is 2.63. The fourth-order valence-electron chi connectivity index (χ4n) is 7.65. The van der Waals surface area contributed by atoms with Crippen molar-refractivity contribution >= 4 is 44.9 Å². The molecule has 4 amide bonds. The average molecular weight is 809 g/mol. The molecule has 0 bridgehead atoms. The third-order valence-electron chi connectivity index (χ3n) is 11.3. The molecule has 2 saturated carbocycles. The summed E-state index contributed by atoms with van der Waals surface area (Å²) in [7, 11) is -4.11. The molecule has 7 atom stereocenters. The van der Waals surface area contributed by atoms with Crippen molar-refractivity contribution in [2.75, 3.05) is 13.2 Å². The van der Waals surface area contributed by atoms with Crippen molar-refractivity contribution in [2.45, 2.75) is 114 Å². The van der Waals surface area contributed by atoms with Crippen LogP contribution in [-0.2, 0) is 30.6 Å². The summed E-state index contributed by atoms with van der Waals surface area (Å²) in [5, 5.41) is 14.8. The Bertz CT molecular complexity index is 2030. The van der Waals surface area contributed by atoms with E-state index in [0.29, 0.717) is 44.3 Å². The normalized spacial score (nSPS) is 29.8. The van der Waals surface area contributed by atoms with E-state index in [9.17, 15) is 45.9 Å². The number of benzene rings is 1. The first-order valence-corrected chi connectivity index (χ1v) is 20.3. The number of hydrogen-bond donors (Lipinski definition) is 4. The molecule has 56 heavy (non-hydrogen) atoms. The van der Waals surface area contributed by atoms with E-state index in [-0.39, 0.29) is 36.4 Å². The molecule has 1 aromatic carbocycles. The van der Waals surface area contributed by atoms with Crippen LogP contribution >= 0.6 is 0 Å². The lowest BCUT2D eigenvalue weighted by molar-refractivity contribution is -0.143. The van der Waals surface area contributed by atoms with E-state index >= 15 is 0 Å². The van der Waals surface area contributed by atoms with Crippen LogP contribution in [0.3, 0.4) is 0 Å². The van der Waals surface area contributed by atoms with Crippen LogP contribution in [0.15, 0.2) is 30.4 Å². The predicted octanol–water partition coefficient (Wildman–Crippen LogP) is 4.31. The van der Waals surface area contributed by atoms with Crippen LogP contribution in [0.4, 0.5) is 18.0 Å². The molecule has 3 heterocycles. The maximum absolute atomic E-state index is 14.5. The van der Waals surface area contributed by atoms with Crippen LogP contribution in [0.25, 0.3) is 11.0 Å². The topological polar surface area (TPSA) is 206 Å². The van der Waals surface area contributed by atoms with E-state index in [2.05, 4.69) is 25.3 Å². The Morgan fingerprint density at radius 2 is 1.86 bits per heavy atom. The summed E-state index contributed by atoms with van der Waals surface area (Å²) in [6.45, 7) is 6.83. The first kappa shape index (κ1) is 41.0. The molecule has 2 unspecified atom stereocenters. The van der Waals surface area contributed by atoms with Gasteiger partial charge in [0.15, 0.2) is 0 Å². The van der Waals surface area contributed by atoms with Crippen molar-refractivity contribution in [1.82, 2.24) is 30.2 Å². The van der Waals surface area contributed by atoms with Gasteiger partial charge in [0.25, 0.3) is 5.91 Å². The number of nitrogens with one attached hydrogen (secondary N) is 3. The van der Waals surface area contributed by atoms with Crippen LogP contribution in [0.2, 0.25) is 0 Å². The number of hydrogen-bond acceptors (Lipinski definition) is 10. The molecule has 3 fully saturated rings. The number of fused-ring (bicyclic) bond motifs is 3. The molecule has 0 spiro atoms. The van der Waals surface area contributed by atoms with Gasteiger partial charge in [-0.25, -0.2) is 23.2 Å². The molecule has 6 rings (SSSR count). The molecular formula is C37H47F3N6O9S. The fourth-order valence-corrected chi connectivity index (χ4v) is 8.96. The molecule has 2 aliphatic carbocycles. The number of carboxylic acid groups (broad SMARTS) is 1. The predicted molar refractivity (Wildman–Crippen MR) is 195 cm³/mol. The van der Waals surface area contributed by atoms with Crippen molar-refractivity contribution in [3.8, 4) is 11.6 Å². The van der Waals surface area contributed by atoms with Crippen molar-refractivity contribution in [1.29, 1.82) is 0 Å². The van der Waals surface area contributed by atoms with Crippen LogP contribution in [-0.4, -0.2) is 93.8 Å². The average Bonchev–Trinajstić information content (AvgIpc) is 4.00. The molecule has 15 nitrogen and oxygen atoms in total. The standard InChI is InChI=1S/C37H47F3N6O9S/c1-5-21-15-20(3)9-7-8-10-22-18-36(22,33(49)45-56(52,53)35(4)13-14-35)44-30(47)27-17-24(19-46(27)32(48)28(21)43-34(50)51)55-31-29(37(38,39)40)41-25-12-11-23(54-6-2)16-26(25)42-31/h8,10-12,16,20-22,24,27-28,43H,5-7,9,13-15,17-19H2,1-4H3,(H,44,47)(H,45,49)(H,50,51)/b10-8-/t20-,21-,22?,24-,27+,28+,36?/m1/s1. The van der Waals surface area contributed by atoms with Crippen LogP contribution in [0.1, 0.15) is 84.8 Å². The summed E-state index contributed by atoms with van der Waals surface area (Å²) in [6.07, 6.45) is -1.77. The molecule has 19 heteroatoms. The molecule has 4 aliphatic rings. The quantitative estimate of drug-likeness (QED) is 0.263. The molecule has 4 N–H and O–H groups in total. The summed E-state index contributed by atoms with van der Waals surface area (Å²) in [5.74, 6) is -4.32. The van der Waals surface area contributed by atoms with E-state index in [0.717, 1.165) is 4.90 Å². The van der Waals surface area contributed by atoms with Gasteiger partial charge in [0, 0.05) is 18.4 Å². The van der Waals surface area contributed by atoms with Gasteiger partial charge in [-0.2, -0.15) is 13.2 Å². The Morgan fingerprint density at radius 1 is 1.12 bits per heavy atom. The van der Waals surface area contributed by atoms with Gasteiger partial charge in [-0.1, -0.05) is 32.4 Å². The summed E-state index contributed by atoms with van der Waals surface area (Å²) in [5.41, 5.74) is -3.20. The molecular weight excluding hydrogens is 762 g/mol. The van der Waals surface area contributed by atoms with Gasteiger partial charge < -0.3 is 30.1 Å². The minimum Gasteiger partial charge on any atom is -0.494 e. The van der Waals surface area contributed by atoms with E-state index in [1.54, 1.807) is 19.9 Å². The Morgan fingerprint density at radius 3 is 2.50 bits per heavy atom. The lowest BCUT2D eigenvalue weighted by Crippen LogP contribution is -2.59. The monoisotopic (exact) mass is 808 g/mol. The first-order chi connectivity index (χ1) is 26.3. The zero-order valence-corrected chi connectivity index (χ0v) is 32.3. The fraction of sp³-hybridized carbons (Fsp3) is 0.622. The molecule has 2 aliphatic heterocycles. The van der Waals surface area contributed by atoms with Crippen molar-refractivity contribution in [3.63, 3.8) is 0 Å². The van der Waals surface area contributed by atoms with Crippen LogP contribution in [0, 0.1) is 17.8 Å². The Balaban J connectivity index is 1.38. The highest BCUT2D eigenvalue weighted by atomic mass is 32.2. The largest absolute Gasteiger partial charge is 0.494 e. The third kappa shape index (κ3) is 8.37. The number of alkyl halides is 3. The number of allylic oxidation sites excluding steroid dienone is 1. The summed E-state index contributed by atoms with van der Waals surface area (Å²) < 4.78 is 81.8. The Labute approximate surface area is 322 Å². The maximum atomic E-state index is 14.5. The molecule has 2 aromatic rings. The second-order valence-corrected chi connectivity index (χ2v) is 17.7. The van der Waals surface area contributed by atoms with E-state index in [1.165, 1.54) is 25.1 Å². The van der Waals surface area contributed by atoms with Gasteiger partial charge in [0.1, 0.15) is 29.5 Å². The zero-order valence-electron chi connectivity index (χ0n) is 31.5. The van der Waals surface area contributed by atoms with E-state index in [4.69, 9.17) is 9.47 Å². The minimum atomic E-state index is -5.02. The van der Waals surface area contributed by atoms with Crippen LogP contribution in [0.5, 0.6) is 11.6 Å². The SMILES string of the molecule is CCOc1ccc2nc(C(F)(F)F)c(O[C@@H]3C[C@H]4C(=O)NC5(C(=O)NS(=O)(=O)C6(C)CC6)CC5/C=C\CC[C@@H](C)C[C@@H](CC)[C@H](NC(=O)O)C(=O)N4C3)nc2c1. The lowest BCUT2D eigenvalue weighted by Gasteiger charge is -2.33. The van der Waals surface area contributed by atoms with E-state index in [1.807, 2.05) is 13.0 Å². The van der Waals surface area contributed by atoms with E-state index < -0.39 is 98.4 Å². The number of carbonyl (C=O) groups excluding carboxylic acids is 3. The highest BCUT2D eigenvalue weighted by molar-refractivity contribution is 7.91. The van der Waals surface area contributed by atoms with Gasteiger partial charge in [0.05, 0.1) is 28.9 Å². The van der Waals surface area contributed by atoms with Gasteiger partial charge in [0.2, 0.25) is 33.4 Å². The van der Waals surface area contributed by atoms with Gasteiger partial charge in [-0.3, -0.25) is 19.1 Å². The number of carbonyl (C=O) groups is 4. The van der Waals surface area contributed by atoms with Gasteiger partial charge in [-0.15, -0.1) is 0 Å². The first-order valence-electron chi connectivity index (χ1n) is 18.8. The summed E-state index contributed by atoms with van der Waals surface area (Å²) in [6, 6.07) is 1.37. The number of nitrogens with zero attached hydrogens (tertiary/aromatic N) is 3. The maximum Gasteiger partial charge on any atom is 0.438 e. The zero-order chi connectivity index (χ0) is 40.8. The number of sulfonamides is 1. The van der Waals surface area contributed by atoms with Gasteiger partial charge in [-0.05, 0) is 76.3 Å². The minimum absolute atomic E-state index is 0.0121. The second kappa shape index (κ2) is 15.3.